The summed E-state index contributed by atoms with van der Waals surface area (Å²) in [5.41, 5.74) is 8.36. The van der Waals surface area contributed by atoms with E-state index in [0.29, 0.717) is 11.5 Å². The van der Waals surface area contributed by atoms with E-state index in [1.807, 2.05) is 20.8 Å². The van der Waals surface area contributed by atoms with Crippen LogP contribution >= 0.6 is 0 Å². The average molecular weight is 567 g/mol. The van der Waals surface area contributed by atoms with Crippen molar-refractivity contribution < 1.29 is 14.4 Å². The molecule has 42 heavy (non-hydrogen) atoms. The summed E-state index contributed by atoms with van der Waals surface area (Å²) in [7, 11) is 0. The van der Waals surface area contributed by atoms with Crippen LogP contribution in [0.3, 0.4) is 0 Å². The summed E-state index contributed by atoms with van der Waals surface area (Å²) >= 11 is 0. The van der Waals surface area contributed by atoms with Gasteiger partial charge in [0.15, 0.2) is 17.3 Å². The van der Waals surface area contributed by atoms with Gasteiger partial charge >= 0.3 is 0 Å². The van der Waals surface area contributed by atoms with E-state index in [4.69, 9.17) is 0 Å². The zero-order chi connectivity index (χ0) is 31.1. The lowest BCUT2D eigenvalue weighted by molar-refractivity contribution is -0.139. The SMILES string of the molecule is CC(=O)C1=C(C)[C@H](C(C)C)[C@@]2(C)C[C@@]3(C)Cc4c(C(C)C)cc(CCC5=CCC=C5)c(C)c4C(=O)C3=C(C)[C@@]2(C)C1=O. The van der Waals surface area contributed by atoms with Crippen LogP contribution in [0.2, 0.25) is 0 Å². The molecule has 0 aliphatic heterocycles. The van der Waals surface area contributed by atoms with Crippen molar-refractivity contribution in [2.45, 2.75) is 114 Å². The van der Waals surface area contributed by atoms with Gasteiger partial charge in [0.1, 0.15) is 0 Å². The monoisotopic (exact) mass is 566 g/mol. The Morgan fingerprint density at radius 2 is 1.69 bits per heavy atom. The molecule has 3 nitrogen and oxygen atoms in total. The number of hydrogen-bond acceptors (Lipinski definition) is 3. The van der Waals surface area contributed by atoms with Crippen LogP contribution in [0, 0.1) is 35.0 Å². The van der Waals surface area contributed by atoms with Crippen LogP contribution in [0.15, 0.2) is 52.2 Å². The molecule has 4 aliphatic carbocycles. The topological polar surface area (TPSA) is 51.2 Å². The third-order valence-corrected chi connectivity index (χ3v) is 11.9. The van der Waals surface area contributed by atoms with Gasteiger partial charge in [-0.2, -0.15) is 0 Å². The molecule has 4 aliphatic rings. The molecule has 0 unspecified atom stereocenters. The number of benzene rings is 1. The molecule has 4 atom stereocenters. The van der Waals surface area contributed by atoms with Crippen molar-refractivity contribution in [2.75, 3.05) is 0 Å². The highest BCUT2D eigenvalue weighted by Crippen LogP contribution is 2.69. The quantitative estimate of drug-likeness (QED) is 0.323. The van der Waals surface area contributed by atoms with Gasteiger partial charge in [0.25, 0.3) is 0 Å². The first-order valence-electron chi connectivity index (χ1n) is 16.0. The number of Topliss-reactive ketones (excluding diaryl/α,β-unsaturated/α-hetero) is 3. The standard InChI is InChI=1S/C39H50O3/c1-21(2)29-18-28(17-16-27-14-12-13-15-27)23(5)32-30(29)19-37(9)20-38(10)33(22(3)4)24(6)31(26(8)40)36(42)39(38,11)25(7)34(37)35(32)41/h12,14-15,18,21-22,33H,13,16-17,19-20H2,1-11H3/t33-,37+,38+,39-/m0/s1. The highest BCUT2D eigenvalue weighted by molar-refractivity contribution is 6.24. The average Bonchev–Trinajstić information content (AvgIpc) is 3.39. The molecule has 0 bridgehead atoms. The summed E-state index contributed by atoms with van der Waals surface area (Å²) in [5.74, 6) is 0.471. The first kappa shape index (κ1) is 30.6. The molecular formula is C39H50O3. The predicted molar refractivity (Wildman–Crippen MR) is 172 cm³/mol. The van der Waals surface area contributed by atoms with E-state index in [9.17, 15) is 14.4 Å². The maximum atomic E-state index is 14.9. The summed E-state index contributed by atoms with van der Waals surface area (Å²) in [6.45, 7) is 23.2. The number of carbonyl (C=O) groups is 3. The highest BCUT2D eigenvalue weighted by atomic mass is 16.2. The molecule has 0 amide bonds. The number of hydrogen-bond donors (Lipinski definition) is 0. The van der Waals surface area contributed by atoms with Crippen LogP contribution in [-0.4, -0.2) is 17.3 Å². The smallest absolute Gasteiger partial charge is 0.190 e. The maximum Gasteiger partial charge on any atom is 0.190 e. The second-order valence-electron chi connectivity index (χ2n) is 15.1. The van der Waals surface area contributed by atoms with Gasteiger partial charge in [0.05, 0.1) is 11.0 Å². The van der Waals surface area contributed by atoms with Crippen LogP contribution < -0.4 is 0 Å². The molecule has 0 aromatic heterocycles. The molecule has 5 rings (SSSR count). The second-order valence-corrected chi connectivity index (χ2v) is 15.1. The van der Waals surface area contributed by atoms with Crippen LogP contribution in [0.1, 0.15) is 127 Å². The largest absolute Gasteiger partial charge is 0.294 e. The zero-order valence-corrected chi connectivity index (χ0v) is 27.8. The summed E-state index contributed by atoms with van der Waals surface area (Å²) in [4.78, 5) is 42.4. The van der Waals surface area contributed by atoms with Crippen LogP contribution in [-0.2, 0) is 22.4 Å². The summed E-state index contributed by atoms with van der Waals surface area (Å²) < 4.78 is 0. The van der Waals surface area contributed by atoms with Gasteiger partial charge in [-0.3, -0.25) is 14.4 Å². The number of fused-ring (bicyclic) bond motifs is 3. The molecule has 224 valence electrons. The molecule has 3 heteroatoms. The molecule has 0 fully saturated rings. The van der Waals surface area contributed by atoms with Gasteiger partial charge in [-0.15, -0.1) is 0 Å². The Balaban J connectivity index is 1.75. The van der Waals surface area contributed by atoms with Crippen LogP contribution in [0.25, 0.3) is 0 Å². The summed E-state index contributed by atoms with van der Waals surface area (Å²) in [5, 5.41) is 0. The molecule has 0 saturated heterocycles. The lowest BCUT2D eigenvalue weighted by atomic mass is 9.39. The number of ketones is 3. The number of carbonyl (C=O) groups excluding carboxylic acids is 3. The van der Waals surface area contributed by atoms with Crippen molar-refractivity contribution in [3.8, 4) is 0 Å². The fraction of sp³-hybridized carbons (Fsp3) is 0.564. The van der Waals surface area contributed by atoms with Gasteiger partial charge in [-0.25, -0.2) is 0 Å². The third kappa shape index (κ3) is 4.09. The minimum absolute atomic E-state index is 0.0662. The first-order chi connectivity index (χ1) is 19.5. The van der Waals surface area contributed by atoms with Crippen molar-refractivity contribution in [1.29, 1.82) is 0 Å². The van der Waals surface area contributed by atoms with E-state index < -0.39 is 10.8 Å². The van der Waals surface area contributed by atoms with Crippen molar-refractivity contribution in [3.63, 3.8) is 0 Å². The number of aryl methyl sites for hydroxylation is 1. The third-order valence-electron chi connectivity index (χ3n) is 11.9. The van der Waals surface area contributed by atoms with Crippen molar-refractivity contribution in [3.05, 3.63) is 80.0 Å². The Kier molecular flexibility index (Phi) is 7.39. The minimum atomic E-state index is -0.919. The van der Waals surface area contributed by atoms with E-state index in [1.165, 1.54) is 29.2 Å². The fourth-order valence-corrected chi connectivity index (χ4v) is 10.1. The van der Waals surface area contributed by atoms with Crippen molar-refractivity contribution in [1.82, 2.24) is 0 Å². The molecule has 1 aromatic rings. The van der Waals surface area contributed by atoms with Crippen LogP contribution in [0.5, 0.6) is 0 Å². The summed E-state index contributed by atoms with van der Waals surface area (Å²) in [6, 6.07) is 2.39. The first-order valence-corrected chi connectivity index (χ1v) is 16.0. The Labute approximate surface area is 253 Å². The van der Waals surface area contributed by atoms with Crippen LogP contribution in [0.4, 0.5) is 0 Å². The second kappa shape index (κ2) is 10.1. The lowest BCUT2D eigenvalue weighted by Gasteiger charge is -2.63. The Morgan fingerprint density at radius 3 is 2.24 bits per heavy atom. The van der Waals surface area contributed by atoms with E-state index in [2.05, 4.69) is 72.8 Å². The Bertz CT molecular complexity index is 1540. The maximum absolute atomic E-state index is 14.9. The minimum Gasteiger partial charge on any atom is -0.294 e. The predicted octanol–water partition coefficient (Wildman–Crippen LogP) is 9.18. The van der Waals surface area contributed by atoms with E-state index >= 15 is 0 Å². The summed E-state index contributed by atoms with van der Waals surface area (Å²) in [6.07, 6.45) is 11.2. The Hall–Kier alpha value is -2.81. The molecule has 0 radical (unpaired) electrons. The van der Waals surface area contributed by atoms with Gasteiger partial charge in [0.2, 0.25) is 0 Å². The molecule has 1 aromatic carbocycles. The molecule has 0 saturated carbocycles. The van der Waals surface area contributed by atoms with Gasteiger partial charge < -0.3 is 0 Å². The zero-order valence-electron chi connectivity index (χ0n) is 27.8. The van der Waals surface area contributed by atoms with Gasteiger partial charge in [-0.05, 0) is 112 Å². The van der Waals surface area contributed by atoms with Crippen molar-refractivity contribution >= 4 is 17.3 Å². The van der Waals surface area contributed by atoms with Gasteiger partial charge in [0, 0.05) is 16.6 Å². The number of rotatable bonds is 6. The normalized spacial score (nSPS) is 30.7. The highest BCUT2D eigenvalue weighted by Gasteiger charge is 2.66. The molecule has 0 N–H and O–H groups in total. The lowest BCUT2D eigenvalue weighted by Crippen LogP contribution is -2.61. The van der Waals surface area contributed by atoms with E-state index in [-0.39, 0.29) is 34.6 Å². The fourth-order valence-electron chi connectivity index (χ4n) is 10.1. The van der Waals surface area contributed by atoms with Crippen molar-refractivity contribution in [2.24, 2.45) is 28.1 Å². The molecular weight excluding hydrogens is 516 g/mol. The van der Waals surface area contributed by atoms with E-state index in [0.717, 1.165) is 60.0 Å². The van der Waals surface area contributed by atoms with E-state index in [1.54, 1.807) is 0 Å². The Morgan fingerprint density at radius 1 is 1.02 bits per heavy atom. The van der Waals surface area contributed by atoms with Gasteiger partial charge in [-0.1, -0.05) is 82.6 Å². The molecule has 0 heterocycles. The number of allylic oxidation sites excluding steroid dienone is 8. The molecule has 0 spiro atoms.